The first kappa shape index (κ1) is 24.3. The highest BCUT2D eigenvalue weighted by molar-refractivity contribution is 6.08. The highest BCUT2D eigenvalue weighted by Crippen LogP contribution is 2.36. The third-order valence-electron chi connectivity index (χ3n) is 6.21. The monoisotopic (exact) mass is 472 g/mol. The van der Waals surface area contributed by atoms with Crippen molar-refractivity contribution in [1.82, 2.24) is 5.32 Å². The van der Waals surface area contributed by atoms with E-state index in [1.54, 1.807) is 25.3 Å². The summed E-state index contributed by atoms with van der Waals surface area (Å²) in [7, 11) is 1.56. The molecular weight excluding hydrogens is 440 g/mol. The Balaban J connectivity index is 1.56. The zero-order valence-electron chi connectivity index (χ0n) is 21.1. The van der Waals surface area contributed by atoms with Crippen LogP contribution in [0.4, 0.5) is 5.69 Å². The van der Waals surface area contributed by atoms with Crippen LogP contribution in [0.5, 0.6) is 5.75 Å². The molecule has 1 heterocycles. The molecule has 0 saturated carbocycles. The fraction of sp³-hybridized carbons (Fsp3) is 0.310. The summed E-state index contributed by atoms with van der Waals surface area (Å²) in [5.74, 6) is -0.231. The Morgan fingerprint density at radius 3 is 2.23 bits per heavy atom. The summed E-state index contributed by atoms with van der Waals surface area (Å²) in [6, 6.07) is 18.1. The van der Waals surface area contributed by atoms with Crippen molar-refractivity contribution in [2.75, 3.05) is 12.4 Å². The minimum Gasteiger partial charge on any atom is -0.495 e. The Kier molecular flexibility index (Phi) is 6.57. The molecule has 0 aliphatic heterocycles. The summed E-state index contributed by atoms with van der Waals surface area (Å²) < 4.78 is 11.5. The third kappa shape index (κ3) is 5.02. The smallest absolute Gasteiger partial charge is 0.251 e. The number of nitrogens with one attached hydrogen (secondary N) is 2. The van der Waals surface area contributed by atoms with E-state index in [9.17, 15) is 9.59 Å². The summed E-state index contributed by atoms with van der Waals surface area (Å²) in [5.41, 5.74) is 3.54. The molecule has 0 radical (unpaired) electrons. The number of ether oxygens (including phenoxy) is 1. The standard InChI is InChI=1S/C29H32N2O4/c1-17(2)26(31-27(32)18-11-13-19(14-12-18)29(3,4)5)28(33)30-22-16-24-21(15-25(22)34-6)20-9-7-8-10-23(20)35-24/h7-17,26H,1-6H3,(H,30,33)(H,31,32). The number of rotatable bonds is 6. The van der Waals surface area contributed by atoms with E-state index in [1.807, 2.05) is 56.3 Å². The highest BCUT2D eigenvalue weighted by atomic mass is 16.5. The van der Waals surface area contributed by atoms with Crippen molar-refractivity contribution >= 4 is 39.4 Å². The molecule has 1 atom stereocenters. The predicted octanol–water partition coefficient (Wildman–Crippen LogP) is 6.29. The summed E-state index contributed by atoms with van der Waals surface area (Å²) in [5, 5.41) is 7.70. The van der Waals surface area contributed by atoms with Gasteiger partial charge in [0.1, 0.15) is 23.0 Å². The van der Waals surface area contributed by atoms with Crippen LogP contribution in [-0.4, -0.2) is 25.0 Å². The number of para-hydroxylation sites is 1. The van der Waals surface area contributed by atoms with E-state index < -0.39 is 6.04 Å². The molecule has 0 fully saturated rings. The lowest BCUT2D eigenvalue weighted by Gasteiger charge is -2.23. The molecule has 0 bridgehead atoms. The van der Waals surface area contributed by atoms with Crippen LogP contribution in [0.3, 0.4) is 0 Å². The second-order valence-corrected chi connectivity index (χ2v) is 10.2. The van der Waals surface area contributed by atoms with E-state index in [4.69, 9.17) is 9.15 Å². The average Bonchev–Trinajstić information content (AvgIpc) is 3.18. The molecule has 1 aromatic heterocycles. The van der Waals surface area contributed by atoms with Crippen molar-refractivity contribution in [2.24, 2.45) is 5.92 Å². The predicted molar refractivity (Wildman–Crippen MR) is 140 cm³/mol. The molecule has 6 heteroatoms. The van der Waals surface area contributed by atoms with Gasteiger partial charge in [-0.25, -0.2) is 0 Å². The van der Waals surface area contributed by atoms with Gasteiger partial charge in [-0.3, -0.25) is 9.59 Å². The van der Waals surface area contributed by atoms with E-state index in [0.717, 1.165) is 21.9 Å². The van der Waals surface area contributed by atoms with E-state index in [0.29, 0.717) is 22.6 Å². The number of amides is 2. The van der Waals surface area contributed by atoms with Crippen molar-refractivity contribution in [1.29, 1.82) is 0 Å². The Labute approximate surface area is 205 Å². The van der Waals surface area contributed by atoms with Gasteiger partial charge in [0.15, 0.2) is 0 Å². The number of anilines is 1. The number of methoxy groups -OCH3 is 1. The quantitative estimate of drug-likeness (QED) is 0.346. The van der Waals surface area contributed by atoms with Gasteiger partial charge in [-0.2, -0.15) is 0 Å². The van der Waals surface area contributed by atoms with Gasteiger partial charge in [-0.15, -0.1) is 0 Å². The van der Waals surface area contributed by atoms with Crippen LogP contribution >= 0.6 is 0 Å². The number of furan rings is 1. The second kappa shape index (κ2) is 9.45. The number of hydrogen-bond donors (Lipinski definition) is 2. The molecule has 4 rings (SSSR count). The summed E-state index contributed by atoms with van der Waals surface area (Å²) >= 11 is 0. The van der Waals surface area contributed by atoms with Crippen LogP contribution in [0.15, 0.2) is 65.1 Å². The SMILES string of the molecule is COc1cc2c(cc1NC(=O)C(NC(=O)c1ccc(C(C)(C)C)cc1)C(C)C)oc1ccccc12. The molecule has 2 N–H and O–H groups in total. The van der Waals surface area contributed by atoms with E-state index in [1.165, 1.54) is 0 Å². The zero-order valence-corrected chi connectivity index (χ0v) is 21.1. The summed E-state index contributed by atoms with van der Waals surface area (Å²) in [6.45, 7) is 10.2. The fourth-order valence-corrected chi connectivity index (χ4v) is 4.11. The van der Waals surface area contributed by atoms with Crippen molar-refractivity contribution < 1.29 is 18.7 Å². The number of hydrogen-bond acceptors (Lipinski definition) is 4. The molecule has 0 aliphatic carbocycles. The normalized spacial score (nSPS) is 12.7. The van der Waals surface area contributed by atoms with E-state index >= 15 is 0 Å². The second-order valence-electron chi connectivity index (χ2n) is 10.2. The van der Waals surface area contributed by atoms with Crippen molar-refractivity contribution in [3.63, 3.8) is 0 Å². The Hall–Kier alpha value is -3.80. The van der Waals surface area contributed by atoms with Gasteiger partial charge in [0.25, 0.3) is 5.91 Å². The Bertz CT molecular complexity index is 1380. The maximum atomic E-state index is 13.3. The molecule has 0 saturated heterocycles. The first-order chi connectivity index (χ1) is 16.6. The largest absolute Gasteiger partial charge is 0.495 e. The molecule has 35 heavy (non-hydrogen) atoms. The maximum Gasteiger partial charge on any atom is 0.251 e. The van der Waals surface area contributed by atoms with Gasteiger partial charge in [-0.1, -0.05) is 65.0 Å². The van der Waals surface area contributed by atoms with Crippen LogP contribution in [0.25, 0.3) is 21.9 Å². The van der Waals surface area contributed by atoms with E-state index in [-0.39, 0.29) is 23.1 Å². The van der Waals surface area contributed by atoms with Gasteiger partial charge >= 0.3 is 0 Å². The van der Waals surface area contributed by atoms with Crippen LogP contribution in [0.2, 0.25) is 0 Å². The topological polar surface area (TPSA) is 80.6 Å². The molecule has 1 unspecified atom stereocenters. The van der Waals surface area contributed by atoms with Gasteiger partial charge in [-0.05, 0) is 41.2 Å². The van der Waals surface area contributed by atoms with Crippen molar-refractivity contribution in [3.05, 3.63) is 71.8 Å². The van der Waals surface area contributed by atoms with E-state index in [2.05, 4.69) is 31.4 Å². The average molecular weight is 473 g/mol. The lowest BCUT2D eigenvalue weighted by atomic mass is 9.86. The number of carbonyl (C=O) groups is 2. The molecule has 0 aliphatic rings. The molecule has 2 amide bonds. The third-order valence-corrected chi connectivity index (χ3v) is 6.21. The van der Waals surface area contributed by atoms with Crippen LogP contribution in [-0.2, 0) is 10.2 Å². The number of fused-ring (bicyclic) bond motifs is 3. The van der Waals surface area contributed by atoms with Crippen LogP contribution in [0, 0.1) is 5.92 Å². The van der Waals surface area contributed by atoms with Crippen LogP contribution < -0.4 is 15.4 Å². The number of benzene rings is 3. The summed E-state index contributed by atoms with van der Waals surface area (Å²) in [6.07, 6.45) is 0. The van der Waals surface area contributed by atoms with Gasteiger partial charge in [0.05, 0.1) is 12.8 Å². The molecule has 0 spiro atoms. The van der Waals surface area contributed by atoms with Crippen molar-refractivity contribution in [2.45, 2.75) is 46.1 Å². The molecule has 182 valence electrons. The Morgan fingerprint density at radius 1 is 0.914 bits per heavy atom. The minimum absolute atomic E-state index is 0.00460. The maximum absolute atomic E-state index is 13.3. The molecular formula is C29H32N2O4. The Morgan fingerprint density at radius 2 is 1.60 bits per heavy atom. The van der Waals surface area contributed by atoms with Gasteiger partial charge in [0.2, 0.25) is 5.91 Å². The van der Waals surface area contributed by atoms with Crippen LogP contribution in [0.1, 0.15) is 50.5 Å². The lowest BCUT2D eigenvalue weighted by Crippen LogP contribution is -2.47. The fourth-order valence-electron chi connectivity index (χ4n) is 4.11. The molecule has 4 aromatic rings. The zero-order chi connectivity index (χ0) is 25.3. The van der Waals surface area contributed by atoms with Gasteiger partial charge in [0, 0.05) is 22.4 Å². The molecule has 3 aromatic carbocycles. The first-order valence-electron chi connectivity index (χ1n) is 11.8. The van der Waals surface area contributed by atoms with Gasteiger partial charge < -0.3 is 19.8 Å². The molecule has 6 nitrogen and oxygen atoms in total. The summed E-state index contributed by atoms with van der Waals surface area (Å²) in [4.78, 5) is 26.2. The number of carbonyl (C=O) groups excluding carboxylic acids is 2. The first-order valence-corrected chi connectivity index (χ1v) is 11.8. The minimum atomic E-state index is -0.735. The van der Waals surface area contributed by atoms with Crippen molar-refractivity contribution in [3.8, 4) is 5.75 Å². The highest BCUT2D eigenvalue weighted by Gasteiger charge is 2.26. The lowest BCUT2D eigenvalue weighted by molar-refractivity contribution is -0.118.